The molecule has 0 bridgehead atoms. The molecule has 0 aliphatic heterocycles. The van der Waals surface area contributed by atoms with Crippen molar-refractivity contribution in [1.82, 2.24) is 0 Å². The maximum Gasteiger partial charge on any atom is 2.00 e. The second kappa shape index (κ2) is 32.0. The summed E-state index contributed by atoms with van der Waals surface area (Å²) in [6.45, 7) is 4.00. The molecule has 0 atom stereocenters. The van der Waals surface area contributed by atoms with E-state index in [1.54, 1.807) is 0 Å². The predicted octanol–water partition coefficient (Wildman–Crippen LogP) is -2.06. The zero-order valence-corrected chi connectivity index (χ0v) is 9.80. The Morgan fingerprint density at radius 1 is 1.18 bits per heavy atom. The maximum absolute atomic E-state index is 8.00. The Bertz CT molecular complexity index is 92.6. The third-order valence-electron chi connectivity index (χ3n) is 0.586. The predicted molar refractivity (Wildman–Crippen MR) is 35.8 cm³/mol. The van der Waals surface area contributed by atoms with Gasteiger partial charge in [-0.2, -0.15) is 6.08 Å². The van der Waals surface area contributed by atoms with Crippen LogP contribution in [0.15, 0.2) is 18.2 Å². The van der Waals surface area contributed by atoms with Gasteiger partial charge in [-0.15, -0.1) is 6.42 Å². The molecule has 0 spiro atoms. The normalized spacial score (nSPS) is 8.73. The molecular weight excluding hydrogens is 344 g/mol. The number of hydrogen-bond acceptors (Lipinski definition) is 2. The first-order chi connectivity index (χ1) is 4.50. The molecule has 4 heteroatoms. The summed E-state index contributed by atoms with van der Waals surface area (Å²) in [6, 6.07) is 0. The average molecular weight is 353 g/mol. The van der Waals surface area contributed by atoms with Crippen molar-refractivity contribution < 1.29 is 53.0 Å². The zero-order chi connectivity index (χ0) is 7.54. The summed E-state index contributed by atoms with van der Waals surface area (Å²) in [5.41, 5.74) is 0. The minimum absolute atomic E-state index is 0. The molecular formula is C7H9IO2Ru. The Morgan fingerprint density at radius 2 is 1.64 bits per heavy atom. The SMILES string of the molecule is C=O.C=O.[C-]1=CC=CC1.[I-].[Ru+2]. The molecule has 0 radical (unpaired) electrons. The molecule has 2 nitrogen and oxygen atoms in total. The van der Waals surface area contributed by atoms with Gasteiger partial charge in [0.15, 0.2) is 0 Å². The van der Waals surface area contributed by atoms with Crippen LogP contribution in [0.4, 0.5) is 0 Å². The van der Waals surface area contributed by atoms with E-state index in [1.165, 1.54) is 0 Å². The van der Waals surface area contributed by atoms with Gasteiger partial charge in [-0.25, -0.2) is 12.2 Å². The van der Waals surface area contributed by atoms with Crippen molar-refractivity contribution in [2.75, 3.05) is 0 Å². The van der Waals surface area contributed by atoms with Crippen LogP contribution in [0.3, 0.4) is 0 Å². The summed E-state index contributed by atoms with van der Waals surface area (Å²) in [7, 11) is 0. The standard InChI is InChI=1S/C5H5.2CH2O.HI.Ru/c1-2-4-5-3-1;2*1-2;;/h1-3H,4H2;2*1H2;1H;/q-1;;;;+2/p-1. The minimum atomic E-state index is 0. The van der Waals surface area contributed by atoms with Gasteiger partial charge in [0.1, 0.15) is 13.6 Å². The van der Waals surface area contributed by atoms with E-state index in [0.29, 0.717) is 0 Å². The molecule has 0 N–H and O–H groups in total. The number of carbonyl (C=O) groups is 2. The second-order valence-electron chi connectivity index (χ2n) is 1.00. The molecule has 0 aromatic carbocycles. The molecule has 1 rings (SSSR count). The Morgan fingerprint density at radius 3 is 1.73 bits per heavy atom. The molecule has 0 saturated heterocycles. The van der Waals surface area contributed by atoms with E-state index in [2.05, 4.69) is 12.2 Å². The summed E-state index contributed by atoms with van der Waals surface area (Å²) in [4.78, 5) is 16.0. The topological polar surface area (TPSA) is 34.1 Å². The number of halogens is 1. The van der Waals surface area contributed by atoms with Gasteiger partial charge < -0.3 is 33.6 Å². The second-order valence-corrected chi connectivity index (χ2v) is 1.00. The van der Waals surface area contributed by atoms with Crippen LogP contribution in [0.1, 0.15) is 6.42 Å². The van der Waals surface area contributed by atoms with Crippen LogP contribution in [-0.4, -0.2) is 13.6 Å². The molecule has 11 heavy (non-hydrogen) atoms. The first-order valence-electron chi connectivity index (χ1n) is 2.29. The molecule has 1 aliphatic rings. The first-order valence-corrected chi connectivity index (χ1v) is 2.29. The van der Waals surface area contributed by atoms with Crippen LogP contribution < -0.4 is 24.0 Å². The molecule has 0 aromatic heterocycles. The molecule has 0 aromatic rings. The first kappa shape index (κ1) is 22.5. The van der Waals surface area contributed by atoms with E-state index in [-0.39, 0.29) is 43.5 Å². The Balaban J connectivity index is -0.0000000369. The zero-order valence-electron chi connectivity index (χ0n) is 5.90. The minimum Gasteiger partial charge on any atom is -1.00 e. The largest absolute Gasteiger partial charge is 2.00 e. The summed E-state index contributed by atoms with van der Waals surface area (Å²) >= 11 is 0. The third kappa shape index (κ3) is 25.4. The fraction of sp³-hybridized carbons (Fsp3) is 0.143. The summed E-state index contributed by atoms with van der Waals surface area (Å²) < 4.78 is 0. The van der Waals surface area contributed by atoms with Crippen molar-refractivity contribution in [3.8, 4) is 0 Å². The van der Waals surface area contributed by atoms with Crippen molar-refractivity contribution in [3.63, 3.8) is 0 Å². The number of allylic oxidation sites excluding steroid dienone is 4. The van der Waals surface area contributed by atoms with Gasteiger partial charge in [-0.1, -0.05) is 0 Å². The van der Waals surface area contributed by atoms with Gasteiger partial charge in [0.25, 0.3) is 0 Å². The van der Waals surface area contributed by atoms with Crippen LogP contribution >= 0.6 is 0 Å². The third-order valence-corrected chi connectivity index (χ3v) is 0.586. The summed E-state index contributed by atoms with van der Waals surface area (Å²) in [5.74, 6) is 0. The van der Waals surface area contributed by atoms with E-state index in [9.17, 15) is 0 Å². The Hall–Kier alpha value is 0.173. The van der Waals surface area contributed by atoms with Crippen LogP contribution in [0.5, 0.6) is 0 Å². The van der Waals surface area contributed by atoms with Crippen molar-refractivity contribution in [3.05, 3.63) is 24.3 Å². The van der Waals surface area contributed by atoms with Crippen LogP contribution in [-0.2, 0) is 29.1 Å². The summed E-state index contributed by atoms with van der Waals surface area (Å²) in [6.07, 6.45) is 10.0. The quantitative estimate of drug-likeness (QED) is 0.285. The van der Waals surface area contributed by atoms with Crippen molar-refractivity contribution in [1.29, 1.82) is 0 Å². The van der Waals surface area contributed by atoms with Gasteiger partial charge in [-0.3, -0.25) is 6.08 Å². The fourth-order valence-corrected chi connectivity index (χ4v) is 0.340. The molecule has 1 aliphatic carbocycles. The maximum atomic E-state index is 8.00. The molecule has 0 heterocycles. The molecule has 0 saturated carbocycles. The monoisotopic (exact) mass is 354 g/mol. The molecule has 0 amide bonds. The Labute approximate surface area is 96.9 Å². The smallest absolute Gasteiger partial charge is 1.00 e. The number of rotatable bonds is 0. The van der Waals surface area contributed by atoms with Crippen LogP contribution in [0.2, 0.25) is 0 Å². The van der Waals surface area contributed by atoms with E-state index >= 15 is 0 Å². The van der Waals surface area contributed by atoms with E-state index in [0.717, 1.165) is 6.42 Å². The molecule has 0 fully saturated rings. The Kier molecular flexibility index (Phi) is 65.4. The van der Waals surface area contributed by atoms with Gasteiger partial charge in [-0.05, 0) is 0 Å². The van der Waals surface area contributed by atoms with Gasteiger partial charge in [0, 0.05) is 0 Å². The molecule has 64 valence electrons. The van der Waals surface area contributed by atoms with E-state index < -0.39 is 0 Å². The molecule has 0 unspecified atom stereocenters. The van der Waals surface area contributed by atoms with Crippen LogP contribution in [0, 0.1) is 6.08 Å². The van der Waals surface area contributed by atoms with Crippen molar-refractivity contribution in [2.24, 2.45) is 0 Å². The van der Waals surface area contributed by atoms with E-state index in [1.807, 2.05) is 25.7 Å². The van der Waals surface area contributed by atoms with Crippen molar-refractivity contribution in [2.45, 2.75) is 6.42 Å². The number of hydrogen-bond donors (Lipinski definition) is 0. The van der Waals surface area contributed by atoms with Gasteiger partial charge in [0.05, 0.1) is 0 Å². The summed E-state index contributed by atoms with van der Waals surface area (Å²) in [5, 5.41) is 0. The van der Waals surface area contributed by atoms with Gasteiger partial charge >= 0.3 is 19.5 Å². The number of carbonyl (C=O) groups excluding carboxylic acids is 2. The van der Waals surface area contributed by atoms with Crippen molar-refractivity contribution >= 4 is 13.6 Å². The van der Waals surface area contributed by atoms with Crippen LogP contribution in [0.25, 0.3) is 0 Å². The average Bonchev–Trinajstić information content (AvgIpc) is 2.51. The fourth-order valence-electron chi connectivity index (χ4n) is 0.340. The van der Waals surface area contributed by atoms with E-state index in [4.69, 9.17) is 9.59 Å². The van der Waals surface area contributed by atoms with Gasteiger partial charge in [0.2, 0.25) is 0 Å².